The molecule has 1 heterocycles. The third-order valence-corrected chi connectivity index (χ3v) is 6.46. The molecule has 3 aromatic carbocycles. The number of nitrogens with one attached hydrogen (secondary N) is 2. The largest absolute Gasteiger partial charge is 0.489 e. The first-order valence-electron chi connectivity index (χ1n) is 13.1. The SMILES string of the molecule is C=CC(=CC)COc1cc(C(=O)NCC(C)C)cc(-c2ccc3oc(-c4ccc(F)cc4)c(C(=O)NC)c3c2)c1. The minimum absolute atomic E-state index is 0.204. The van der Waals surface area contributed by atoms with Crippen LogP contribution in [0.1, 0.15) is 41.5 Å². The van der Waals surface area contributed by atoms with Gasteiger partial charge < -0.3 is 19.8 Å². The summed E-state index contributed by atoms with van der Waals surface area (Å²) in [6.07, 6.45) is 3.64. The zero-order valence-corrected chi connectivity index (χ0v) is 23.1. The quantitative estimate of drug-likeness (QED) is 0.209. The lowest BCUT2D eigenvalue weighted by molar-refractivity contribution is 0.0945. The van der Waals surface area contributed by atoms with Crippen LogP contribution in [0.15, 0.2) is 89.4 Å². The molecule has 206 valence electrons. The molecule has 0 atom stereocenters. The van der Waals surface area contributed by atoms with E-state index in [9.17, 15) is 14.0 Å². The molecule has 40 heavy (non-hydrogen) atoms. The molecule has 0 aliphatic carbocycles. The molecule has 4 rings (SSSR count). The summed E-state index contributed by atoms with van der Waals surface area (Å²) in [5.74, 6) is 0.261. The molecule has 0 aliphatic heterocycles. The second kappa shape index (κ2) is 12.5. The van der Waals surface area contributed by atoms with Gasteiger partial charge in [0.15, 0.2) is 0 Å². The molecule has 0 saturated carbocycles. The van der Waals surface area contributed by atoms with E-state index in [-0.39, 0.29) is 17.6 Å². The van der Waals surface area contributed by atoms with Gasteiger partial charge >= 0.3 is 0 Å². The molecule has 4 aromatic rings. The Labute approximate surface area is 233 Å². The lowest BCUT2D eigenvalue weighted by Gasteiger charge is -2.13. The van der Waals surface area contributed by atoms with Crippen molar-refractivity contribution in [2.45, 2.75) is 20.8 Å². The maximum atomic E-state index is 13.6. The Balaban J connectivity index is 1.83. The van der Waals surface area contributed by atoms with Crippen LogP contribution in [0.2, 0.25) is 0 Å². The first kappa shape index (κ1) is 28.4. The number of carbonyl (C=O) groups is 2. The maximum Gasteiger partial charge on any atom is 0.255 e. The van der Waals surface area contributed by atoms with Gasteiger partial charge in [-0.25, -0.2) is 4.39 Å². The van der Waals surface area contributed by atoms with E-state index in [1.54, 1.807) is 43.5 Å². The molecule has 0 radical (unpaired) electrons. The Morgan fingerprint density at radius 1 is 1.00 bits per heavy atom. The Kier molecular flexibility index (Phi) is 8.84. The van der Waals surface area contributed by atoms with E-state index < -0.39 is 0 Å². The van der Waals surface area contributed by atoms with E-state index in [0.717, 1.165) is 16.7 Å². The van der Waals surface area contributed by atoms with Gasteiger partial charge in [-0.3, -0.25) is 9.59 Å². The fourth-order valence-electron chi connectivity index (χ4n) is 4.24. The Bertz CT molecular complexity index is 1580. The van der Waals surface area contributed by atoms with E-state index >= 15 is 0 Å². The molecule has 0 bridgehead atoms. The third kappa shape index (κ3) is 6.31. The fourth-order valence-corrected chi connectivity index (χ4v) is 4.24. The zero-order valence-electron chi connectivity index (χ0n) is 23.1. The van der Waals surface area contributed by atoms with Gasteiger partial charge in [0.05, 0.1) is 5.56 Å². The summed E-state index contributed by atoms with van der Waals surface area (Å²) in [6, 6.07) is 16.7. The van der Waals surface area contributed by atoms with Crippen LogP contribution in [0.5, 0.6) is 5.75 Å². The average Bonchev–Trinajstić information content (AvgIpc) is 3.35. The van der Waals surface area contributed by atoms with E-state index in [1.807, 2.05) is 45.0 Å². The van der Waals surface area contributed by atoms with Crippen molar-refractivity contribution < 1.29 is 23.1 Å². The van der Waals surface area contributed by atoms with Gasteiger partial charge in [0.2, 0.25) is 0 Å². The first-order valence-corrected chi connectivity index (χ1v) is 13.1. The van der Waals surface area contributed by atoms with Crippen molar-refractivity contribution in [2.75, 3.05) is 20.2 Å². The summed E-state index contributed by atoms with van der Waals surface area (Å²) < 4.78 is 25.7. The van der Waals surface area contributed by atoms with Gasteiger partial charge in [0.1, 0.15) is 29.5 Å². The van der Waals surface area contributed by atoms with E-state index in [4.69, 9.17) is 9.15 Å². The second-order valence-corrected chi connectivity index (χ2v) is 9.81. The molecule has 1 aromatic heterocycles. The Morgan fingerprint density at radius 2 is 1.73 bits per heavy atom. The van der Waals surface area contributed by atoms with E-state index in [2.05, 4.69) is 17.2 Å². The number of furan rings is 1. The van der Waals surface area contributed by atoms with Crippen LogP contribution in [0.4, 0.5) is 4.39 Å². The number of benzene rings is 3. The minimum Gasteiger partial charge on any atom is -0.489 e. The van der Waals surface area contributed by atoms with Gasteiger partial charge in [0, 0.05) is 30.1 Å². The Hall–Kier alpha value is -4.65. The van der Waals surface area contributed by atoms with Gasteiger partial charge in [-0.15, -0.1) is 0 Å². The number of amides is 2. The zero-order chi connectivity index (χ0) is 28.8. The molecular formula is C33H33FN2O4. The number of halogens is 1. The average molecular weight is 541 g/mol. The van der Waals surface area contributed by atoms with Crippen LogP contribution in [0.3, 0.4) is 0 Å². The predicted molar refractivity (Wildman–Crippen MR) is 157 cm³/mol. The molecule has 6 nitrogen and oxygen atoms in total. The highest BCUT2D eigenvalue weighted by molar-refractivity contribution is 6.12. The number of hydrogen-bond donors (Lipinski definition) is 2. The van der Waals surface area contributed by atoms with Crippen LogP contribution >= 0.6 is 0 Å². The van der Waals surface area contributed by atoms with Gasteiger partial charge in [-0.1, -0.05) is 38.6 Å². The Morgan fingerprint density at radius 3 is 2.38 bits per heavy atom. The molecule has 0 unspecified atom stereocenters. The number of carbonyl (C=O) groups excluding carboxylic acids is 2. The van der Waals surface area contributed by atoms with Crippen molar-refractivity contribution in [3.63, 3.8) is 0 Å². The predicted octanol–water partition coefficient (Wildman–Crippen LogP) is 7.16. The molecule has 2 N–H and O–H groups in total. The van der Waals surface area contributed by atoms with Crippen LogP contribution < -0.4 is 15.4 Å². The highest BCUT2D eigenvalue weighted by Gasteiger charge is 2.22. The van der Waals surface area contributed by atoms with Crippen molar-refractivity contribution in [3.05, 3.63) is 102 Å². The van der Waals surface area contributed by atoms with Crippen molar-refractivity contribution >= 4 is 22.8 Å². The van der Waals surface area contributed by atoms with E-state index in [0.29, 0.717) is 58.2 Å². The summed E-state index contributed by atoms with van der Waals surface area (Å²) in [5, 5.41) is 6.23. The number of hydrogen-bond acceptors (Lipinski definition) is 4. The number of rotatable bonds is 10. The normalized spacial score (nSPS) is 11.5. The molecule has 0 fully saturated rings. The highest BCUT2D eigenvalue weighted by Crippen LogP contribution is 2.37. The highest BCUT2D eigenvalue weighted by atomic mass is 19.1. The lowest BCUT2D eigenvalue weighted by atomic mass is 9.98. The van der Waals surface area contributed by atoms with Crippen molar-refractivity contribution in [1.29, 1.82) is 0 Å². The van der Waals surface area contributed by atoms with Crippen molar-refractivity contribution in [2.24, 2.45) is 5.92 Å². The maximum absolute atomic E-state index is 13.6. The number of ether oxygens (including phenoxy) is 1. The topological polar surface area (TPSA) is 80.6 Å². The van der Waals surface area contributed by atoms with Crippen LogP contribution in [0, 0.1) is 11.7 Å². The van der Waals surface area contributed by atoms with Crippen molar-refractivity contribution in [3.8, 4) is 28.2 Å². The monoisotopic (exact) mass is 540 g/mol. The lowest BCUT2D eigenvalue weighted by Crippen LogP contribution is -2.27. The molecule has 0 spiro atoms. The number of allylic oxidation sites excluding steroid dienone is 1. The molecule has 7 heteroatoms. The summed E-state index contributed by atoms with van der Waals surface area (Å²) in [4.78, 5) is 26.0. The summed E-state index contributed by atoms with van der Waals surface area (Å²) in [5.41, 5.74) is 4.31. The summed E-state index contributed by atoms with van der Waals surface area (Å²) in [6.45, 7) is 10.6. The van der Waals surface area contributed by atoms with Gasteiger partial charge in [-0.2, -0.15) is 0 Å². The summed E-state index contributed by atoms with van der Waals surface area (Å²) in [7, 11) is 1.55. The fraction of sp³-hybridized carbons (Fsp3) is 0.212. The van der Waals surface area contributed by atoms with Gasteiger partial charge in [-0.05, 0) is 84.1 Å². The second-order valence-electron chi connectivity index (χ2n) is 9.81. The van der Waals surface area contributed by atoms with E-state index in [1.165, 1.54) is 12.1 Å². The molecule has 2 amide bonds. The smallest absolute Gasteiger partial charge is 0.255 e. The minimum atomic E-state index is -0.381. The number of fused-ring (bicyclic) bond motifs is 1. The molecule has 0 saturated heterocycles. The van der Waals surface area contributed by atoms with Crippen LogP contribution in [-0.4, -0.2) is 32.0 Å². The first-order chi connectivity index (χ1) is 19.2. The van der Waals surface area contributed by atoms with Gasteiger partial charge in [0.25, 0.3) is 11.8 Å². The third-order valence-electron chi connectivity index (χ3n) is 6.46. The van der Waals surface area contributed by atoms with Crippen LogP contribution in [-0.2, 0) is 0 Å². The summed E-state index contributed by atoms with van der Waals surface area (Å²) >= 11 is 0. The molecule has 0 aliphatic rings. The van der Waals surface area contributed by atoms with Crippen molar-refractivity contribution in [1.82, 2.24) is 10.6 Å². The standard InChI is InChI=1S/C33H33FN2O4/c1-6-21(7-2)19-39-27-15-24(14-25(16-27)32(37)36-18-20(3)4)23-10-13-29-28(17-23)30(33(38)35-5)31(40-29)22-8-11-26(34)12-9-22/h6-17,20H,1,18-19H2,2-5H3,(H,35,38)(H,36,37). The van der Waals surface area contributed by atoms with Crippen LogP contribution in [0.25, 0.3) is 33.4 Å². The molecular weight excluding hydrogens is 507 g/mol.